The number of nitrogens with one attached hydrogen (secondary N) is 1. The summed E-state index contributed by atoms with van der Waals surface area (Å²) in [5, 5.41) is 92.1. The summed E-state index contributed by atoms with van der Waals surface area (Å²) in [6, 6.07) is -1.77. The standard InChI is InChI=1S/C20H34FNO15/c1-5-10(25)13(28)15(19(34-5)33-4-7-11(26)12(27)14(29)17(31)35-7)37-18-9(22-6(2)24)16(30)20(21,32)8(3-23)36-18/h5,7-19,23,25-32H,3-4H2,1-2H3,(H,22,24)/t5-,7-,8-,9+,10-,11-,12+,13+,14+,15+,16-,17+,18+,19-,20-/m1/s1. The molecule has 10 N–H and O–H groups in total. The lowest BCUT2D eigenvalue weighted by molar-refractivity contribution is -0.381. The predicted octanol–water partition coefficient (Wildman–Crippen LogP) is -6.10. The Morgan fingerprint density at radius 3 is 2.19 bits per heavy atom. The van der Waals surface area contributed by atoms with Crippen molar-refractivity contribution in [2.45, 2.75) is 106 Å². The molecule has 1 amide bonds. The van der Waals surface area contributed by atoms with Crippen LogP contribution in [0.4, 0.5) is 4.39 Å². The van der Waals surface area contributed by atoms with Gasteiger partial charge in [-0.15, -0.1) is 0 Å². The SMILES string of the molecule is CC(=O)N[C@@H]1[C@H](O[C@@H]2[C@H](OC[C@H]3O[C@H](O)[C@@H](O)[C@@H](O)[C@@H]3O)O[C@H](C)[C@@H](O)[C@@H]2O)O[C@H](CO)[C@](O)(F)[C@@H]1O. The van der Waals surface area contributed by atoms with Crippen molar-refractivity contribution in [2.24, 2.45) is 0 Å². The van der Waals surface area contributed by atoms with Gasteiger partial charge in [-0.05, 0) is 6.92 Å². The van der Waals surface area contributed by atoms with Crippen molar-refractivity contribution in [2.75, 3.05) is 13.2 Å². The Morgan fingerprint density at radius 2 is 1.59 bits per heavy atom. The summed E-state index contributed by atoms with van der Waals surface area (Å²) in [6.07, 6.45) is -22.4. The van der Waals surface area contributed by atoms with E-state index in [4.69, 9.17) is 23.7 Å². The first kappa shape index (κ1) is 30.4. The van der Waals surface area contributed by atoms with E-state index in [1.807, 2.05) is 0 Å². The molecule has 0 aromatic heterocycles. The van der Waals surface area contributed by atoms with Gasteiger partial charge in [0.2, 0.25) is 5.91 Å². The fourth-order valence-corrected chi connectivity index (χ4v) is 4.30. The van der Waals surface area contributed by atoms with E-state index >= 15 is 0 Å². The van der Waals surface area contributed by atoms with Crippen LogP contribution < -0.4 is 5.32 Å². The van der Waals surface area contributed by atoms with Gasteiger partial charge in [0, 0.05) is 6.92 Å². The van der Waals surface area contributed by atoms with Gasteiger partial charge in [-0.1, -0.05) is 0 Å². The zero-order valence-corrected chi connectivity index (χ0v) is 19.8. The highest BCUT2D eigenvalue weighted by molar-refractivity contribution is 5.73. The molecule has 0 unspecified atom stereocenters. The number of carbonyl (C=O) groups is 1. The van der Waals surface area contributed by atoms with Crippen molar-refractivity contribution in [3.05, 3.63) is 0 Å². The number of amides is 1. The second-order valence-corrected chi connectivity index (χ2v) is 9.24. The van der Waals surface area contributed by atoms with Crippen molar-refractivity contribution >= 4 is 5.91 Å². The smallest absolute Gasteiger partial charge is 0.263 e. The van der Waals surface area contributed by atoms with Crippen molar-refractivity contribution in [3.63, 3.8) is 0 Å². The number of ether oxygens (including phenoxy) is 5. The Morgan fingerprint density at radius 1 is 0.946 bits per heavy atom. The van der Waals surface area contributed by atoms with Gasteiger partial charge in [-0.3, -0.25) is 4.79 Å². The molecule has 3 aliphatic rings. The van der Waals surface area contributed by atoms with Crippen LogP contribution in [0.15, 0.2) is 0 Å². The highest BCUT2D eigenvalue weighted by atomic mass is 19.2. The van der Waals surface area contributed by atoms with Crippen LogP contribution in [0.2, 0.25) is 0 Å². The Kier molecular flexibility index (Phi) is 9.79. The van der Waals surface area contributed by atoms with E-state index in [1.165, 1.54) is 6.92 Å². The normalized spacial score (nSPS) is 51.0. The van der Waals surface area contributed by atoms with Crippen LogP contribution in [0.1, 0.15) is 13.8 Å². The summed E-state index contributed by atoms with van der Waals surface area (Å²) in [7, 11) is 0. The molecule has 0 aliphatic carbocycles. The summed E-state index contributed by atoms with van der Waals surface area (Å²) in [5.74, 6) is -4.29. The van der Waals surface area contributed by atoms with E-state index < -0.39 is 111 Å². The van der Waals surface area contributed by atoms with Gasteiger partial charge in [0.25, 0.3) is 5.85 Å². The van der Waals surface area contributed by atoms with Crippen LogP contribution in [0.5, 0.6) is 0 Å². The zero-order valence-electron chi connectivity index (χ0n) is 19.8. The second kappa shape index (κ2) is 11.9. The first-order valence-corrected chi connectivity index (χ1v) is 11.5. The van der Waals surface area contributed by atoms with E-state index in [2.05, 4.69) is 5.32 Å². The lowest BCUT2D eigenvalue weighted by atomic mass is 9.94. The summed E-state index contributed by atoms with van der Waals surface area (Å²) in [5.41, 5.74) is 0. The van der Waals surface area contributed by atoms with Gasteiger partial charge >= 0.3 is 0 Å². The highest BCUT2D eigenvalue weighted by Crippen LogP contribution is 2.34. The van der Waals surface area contributed by atoms with Crippen LogP contribution >= 0.6 is 0 Å². The molecule has 3 fully saturated rings. The number of hydrogen-bond acceptors (Lipinski definition) is 15. The quantitative estimate of drug-likeness (QED) is 0.142. The highest BCUT2D eigenvalue weighted by Gasteiger charge is 2.58. The van der Waals surface area contributed by atoms with Gasteiger partial charge in [-0.2, -0.15) is 0 Å². The molecule has 0 spiro atoms. The van der Waals surface area contributed by atoms with Gasteiger partial charge in [-0.25, -0.2) is 4.39 Å². The third-order valence-electron chi connectivity index (χ3n) is 6.52. The van der Waals surface area contributed by atoms with Crippen molar-refractivity contribution < 1.29 is 78.8 Å². The lowest BCUT2D eigenvalue weighted by Crippen LogP contribution is -2.71. The van der Waals surface area contributed by atoms with E-state index in [9.17, 15) is 55.1 Å². The number of hydrogen-bond donors (Lipinski definition) is 10. The van der Waals surface area contributed by atoms with Crippen LogP contribution in [-0.2, 0) is 28.5 Å². The largest absolute Gasteiger partial charge is 0.393 e. The third kappa shape index (κ3) is 6.20. The Labute approximate surface area is 209 Å². The van der Waals surface area contributed by atoms with Crippen LogP contribution in [0.3, 0.4) is 0 Å². The summed E-state index contributed by atoms with van der Waals surface area (Å²) in [4.78, 5) is 11.6. The number of halogens is 1. The monoisotopic (exact) mass is 547 g/mol. The third-order valence-corrected chi connectivity index (χ3v) is 6.52. The molecule has 3 saturated heterocycles. The molecule has 0 aromatic carbocycles. The number of alkyl halides is 1. The minimum absolute atomic E-state index is 0.602. The minimum Gasteiger partial charge on any atom is -0.393 e. The maximum Gasteiger partial charge on any atom is 0.263 e. The molecule has 3 aliphatic heterocycles. The fraction of sp³-hybridized carbons (Fsp3) is 0.950. The average molecular weight is 547 g/mol. The predicted molar refractivity (Wildman–Crippen MR) is 111 cm³/mol. The molecule has 16 nitrogen and oxygen atoms in total. The molecule has 0 saturated carbocycles. The number of carbonyl (C=O) groups excluding carboxylic acids is 1. The Bertz CT molecular complexity index is 778. The van der Waals surface area contributed by atoms with E-state index in [0.717, 1.165) is 6.92 Å². The second-order valence-electron chi connectivity index (χ2n) is 9.24. The van der Waals surface area contributed by atoms with Crippen molar-refractivity contribution in [1.82, 2.24) is 5.32 Å². The van der Waals surface area contributed by atoms with Crippen molar-refractivity contribution in [3.8, 4) is 0 Å². The minimum atomic E-state index is -3.51. The van der Waals surface area contributed by atoms with Crippen molar-refractivity contribution in [1.29, 1.82) is 0 Å². The number of aliphatic hydroxyl groups excluding tert-OH is 8. The summed E-state index contributed by atoms with van der Waals surface area (Å²) >= 11 is 0. The van der Waals surface area contributed by atoms with Gasteiger partial charge < -0.3 is 75.0 Å². The first-order valence-electron chi connectivity index (χ1n) is 11.5. The maximum atomic E-state index is 14.7. The van der Waals surface area contributed by atoms with E-state index in [0.29, 0.717) is 0 Å². The first-order chi connectivity index (χ1) is 17.2. The molecular formula is C20H34FNO15. The van der Waals surface area contributed by atoms with Crippen LogP contribution in [-0.4, -0.2) is 157 Å². The topological polar surface area (TPSA) is 257 Å². The summed E-state index contributed by atoms with van der Waals surface area (Å²) < 4.78 is 41.6. The zero-order chi connectivity index (χ0) is 27.8. The molecule has 37 heavy (non-hydrogen) atoms. The van der Waals surface area contributed by atoms with Gasteiger partial charge in [0.1, 0.15) is 61.0 Å². The average Bonchev–Trinajstić information content (AvgIpc) is 2.83. The molecular weight excluding hydrogens is 513 g/mol. The molecule has 3 rings (SSSR count). The van der Waals surface area contributed by atoms with Crippen LogP contribution in [0.25, 0.3) is 0 Å². The van der Waals surface area contributed by atoms with E-state index in [1.54, 1.807) is 0 Å². The Balaban J connectivity index is 1.80. The molecule has 0 radical (unpaired) electrons. The van der Waals surface area contributed by atoms with Gasteiger partial charge in [0.15, 0.2) is 18.9 Å². The maximum absolute atomic E-state index is 14.7. The molecule has 0 bridgehead atoms. The van der Waals surface area contributed by atoms with Crippen LogP contribution in [0, 0.1) is 0 Å². The number of rotatable bonds is 7. The molecule has 0 aromatic rings. The number of aliphatic hydroxyl groups is 9. The Hall–Kier alpha value is -1.16. The molecule has 17 heteroatoms. The molecule has 3 heterocycles. The van der Waals surface area contributed by atoms with Gasteiger partial charge in [0.05, 0.1) is 19.3 Å². The lowest BCUT2D eigenvalue weighted by Gasteiger charge is -2.48. The van der Waals surface area contributed by atoms with E-state index in [-0.39, 0.29) is 0 Å². The fourth-order valence-electron chi connectivity index (χ4n) is 4.30. The molecule has 15 atom stereocenters. The molecule has 216 valence electrons. The summed E-state index contributed by atoms with van der Waals surface area (Å²) in [6.45, 7) is 0.676.